The Labute approximate surface area is 156 Å². The van der Waals surface area contributed by atoms with E-state index in [-0.39, 0.29) is 5.91 Å². The number of anilines is 1. The van der Waals surface area contributed by atoms with Crippen molar-refractivity contribution in [2.75, 3.05) is 12.4 Å². The van der Waals surface area contributed by atoms with Crippen molar-refractivity contribution < 1.29 is 9.53 Å². The normalized spacial score (nSPS) is 18.5. The molecule has 0 radical (unpaired) electrons. The van der Waals surface area contributed by atoms with Crippen LogP contribution in [0.2, 0.25) is 5.02 Å². The lowest BCUT2D eigenvalue weighted by Crippen LogP contribution is -2.32. The van der Waals surface area contributed by atoms with Gasteiger partial charge in [0, 0.05) is 41.3 Å². The average Bonchev–Trinajstić information content (AvgIpc) is 3.16. The van der Waals surface area contributed by atoms with Crippen LogP contribution in [-0.2, 0) is 17.3 Å². The van der Waals surface area contributed by atoms with Crippen molar-refractivity contribution in [2.45, 2.75) is 12.3 Å². The molecule has 0 spiro atoms. The first-order valence-corrected chi connectivity index (χ1v) is 8.60. The van der Waals surface area contributed by atoms with Gasteiger partial charge in [0.2, 0.25) is 5.91 Å². The number of carbonyl (C=O) groups is 1. The number of fused-ring (bicyclic) bond motifs is 1. The Morgan fingerprint density at radius 2 is 2.00 bits per heavy atom. The number of benzene rings is 2. The minimum atomic E-state index is -0.883. The molecule has 0 bridgehead atoms. The van der Waals surface area contributed by atoms with Crippen LogP contribution in [0.4, 0.5) is 5.69 Å². The van der Waals surface area contributed by atoms with Crippen molar-refractivity contribution in [3.63, 3.8) is 0 Å². The van der Waals surface area contributed by atoms with E-state index in [1.54, 1.807) is 25.4 Å². The summed E-state index contributed by atoms with van der Waals surface area (Å²) in [7, 11) is 3.55. The number of amides is 1. The fourth-order valence-electron chi connectivity index (χ4n) is 3.57. The number of aryl methyl sites for hydroxylation is 1. The van der Waals surface area contributed by atoms with Gasteiger partial charge in [-0.3, -0.25) is 4.79 Å². The highest BCUT2D eigenvalue weighted by molar-refractivity contribution is 6.31. The lowest BCUT2D eigenvalue weighted by atomic mass is 9.76. The average molecular weight is 368 g/mol. The van der Waals surface area contributed by atoms with Crippen molar-refractivity contribution in [1.29, 1.82) is 0 Å². The second kappa shape index (κ2) is 5.88. The molecule has 0 unspecified atom stereocenters. The Morgan fingerprint density at radius 1 is 1.19 bits per heavy atom. The topological polar surface area (TPSA) is 56.2 Å². The molecule has 6 heteroatoms. The number of nitrogens with one attached hydrogen (secondary N) is 1. The molecule has 0 saturated carbocycles. The molecule has 5 nitrogen and oxygen atoms in total. The second-order valence-electron chi connectivity index (χ2n) is 6.55. The zero-order valence-corrected chi connectivity index (χ0v) is 15.5. The summed E-state index contributed by atoms with van der Waals surface area (Å²) < 4.78 is 7.52. The Hall–Kier alpha value is -2.79. The maximum atomic E-state index is 13.0. The van der Waals surface area contributed by atoms with Gasteiger partial charge in [-0.25, -0.2) is 4.98 Å². The van der Waals surface area contributed by atoms with Gasteiger partial charge in [-0.2, -0.15) is 0 Å². The number of halogens is 1. The molecule has 1 N–H and O–H groups in total. The van der Waals surface area contributed by atoms with E-state index in [0.717, 1.165) is 28.2 Å². The molecule has 2 heterocycles. The van der Waals surface area contributed by atoms with Crippen LogP contribution in [0, 0.1) is 0 Å². The predicted molar refractivity (Wildman–Crippen MR) is 102 cm³/mol. The van der Waals surface area contributed by atoms with Crippen molar-refractivity contribution in [2.24, 2.45) is 7.05 Å². The summed E-state index contributed by atoms with van der Waals surface area (Å²) in [5, 5.41) is 3.53. The molecule has 132 valence electrons. The van der Waals surface area contributed by atoms with Gasteiger partial charge in [0.15, 0.2) is 0 Å². The monoisotopic (exact) mass is 367 g/mol. The van der Waals surface area contributed by atoms with Crippen LogP contribution in [0.5, 0.6) is 5.75 Å². The molecule has 0 fully saturated rings. The summed E-state index contributed by atoms with van der Waals surface area (Å²) >= 11 is 6.09. The highest BCUT2D eigenvalue weighted by atomic mass is 35.5. The molecule has 4 rings (SSSR count). The number of aromatic nitrogens is 2. The van der Waals surface area contributed by atoms with E-state index in [1.165, 1.54) is 0 Å². The Morgan fingerprint density at radius 3 is 2.69 bits per heavy atom. The molecule has 2 aromatic carbocycles. The van der Waals surface area contributed by atoms with Crippen molar-refractivity contribution in [3.8, 4) is 17.1 Å². The zero-order valence-electron chi connectivity index (χ0n) is 14.7. The first kappa shape index (κ1) is 16.7. The fraction of sp³-hybridized carbons (Fsp3) is 0.200. The number of hydrogen-bond acceptors (Lipinski definition) is 3. The molecule has 1 aromatic heterocycles. The molecular formula is C20H18ClN3O2. The highest BCUT2D eigenvalue weighted by Crippen LogP contribution is 2.47. The molecular weight excluding hydrogens is 350 g/mol. The second-order valence-corrected chi connectivity index (χ2v) is 6.98. The fourth-order valence-corrected chi connectivity index (χ4v) is 3.75. The minimum absolute atomic E-state index is 0.106. The summed E-state index contributed by atoms with van der Waals surface area (Å²) in [6.45, 7) is 1.90. The molecule has 1 aliphatic heterocycles. The summed E-state index contributed by atoms with van der Waals surface area (Å²) in [4.78, 5) is 17.4. The molecule has 1 amide bonds. The molecule has 1 atom stereocenters. The number of imidazole rings is 1. The Kier molecular flexibility index (Phi) is 3.77. The van der Waals surface area contributed by atoms with Crippen LogP contribution in [0.1, 0.15) is 18.1 Å². The molecule has 3 aromatic rings. The first-order valence-electron chi connectivity index (χ1n) is 8.23. The van der Waals surface area contributed by atoms with Gasteiger partial charge < -0.3 is 14.6 Å². The predicted octanol–water partition coefficient (Wildman–Crippen LogP) is 4.01. The van der Waals surface area contributed by atoms with E-state index in [1.807, 2.05) is 49.0 Å². The van der Waals surface area contributed by atoms with Crippen LogP contribution in [0.25, 0.3) is 11.4 Å². The van der Waals surface area contributed by atoms with E-state index in [4.69, 9.17) is 16.3 Å². The molecule has 1 aliphatic rings. The minimum Gasteiger partial charge on any atom is -0.496 e. The quantitative estimate of drug-likeness (QED) is 0.761. The van der Waals surface area contributed by atoms with Gasteiger partial charge in [0.05, 0.1) is 7.11 Å². The lowest BCUT2D eigenvalue weighted by Gasteiger charge is -2.25. The van der Waals surface area contributed by atoms with Crippen molar-refractivity contribution in [3.05, 3.63) is 64.9 Å². The van der Waals surface area contributed by atoms with E-state index >= 15 is 0 Å². The lowest BCUT2D eigenvalue weighted by molar-refractivity contribution is -0.119. The van der Waals surface area contributed by atoms with Gasteiger partial charge in [-0.05, 0) is 42.8 Å². The maximum absolute atomic E-state index is 13.0. The third-order valence-corrected chi connectivity index (χ3v) is 5.28. The molecule has 0 saturated heterocycles. The number of rotatable bonds is 3. The SMILES string of the molecule is COc1ccc(-c2nccn2C)cc1[C@@]1(C)C(=O)Nc2cc(Cl)ccc21. The van der Waals surface area contributed by atoms with Gasteiger partial charge in [0.1, 0.15) is 17.0 Å². The first-order chi connectivity index (χ1) is 12.4. The Balaban J connectivity index is 1.95. The molecule has 0 aliphatic carbocycles. The van der Waals surface area contributed by atoms with Gasteiger partial charge in [-0.15, -0.1) is 0 Å². The summed E-state index contributed by atoms with van der Waals surface area (Å²) in [6, 6.07) is 11.3. The van der Waals surface area contributed by atoms with Crippen molar-refractivity contribution in [1.82, 2.24) is 9.55 Å². The van der Waals surface area contributed by atoms with Crippen LogP contribution < -0.4 is 10.1 Å². The van der Waals surface area contributed by atoms with E-state index in [9.17, 15) is 4.79 Å². The smallest absolute Gasteiger partial charge is 0.239 e. The van der Waals surface area contributed by atoms with Crippen molar-refractivity contribution >= 4 is 23.2 Å². The number of carbonyl (C=O) groups excluding carboxylic acids is 1. The van der Waals surface area contributed by atoms with E-state index in [0.29, 0.717) is 10.8 Å². The van der Waals surface area contributed by atoms with Gasteiger partial charge in [0.25, 0.3) is 0 Å². The highest BCUT2D eigenvalue weighted by Gasteiger charge is 2.46. The summed E-state index contributed by atoms with van der Waals surface area (Å²) in [5.41, 5.74) is 2.44. The molecule has 26 heavy (non-hydrogen) atoms. The number of ether oxygens (including phenoxy) is 1. The van der Waals surface area contributed by atoms with Crippen LogP contribution in [-0.4, -0.2) is 22.6 Å². The standard InChI is InChI=1S/C20H18ClN3O2/c1-20(14-6-5-13(21)11-16(14)23-19(20)25)15-10-12(4-7-17(15)26-3)18-22-8-9-24(18)2/h4-11H,1-3H3,(H,23,25)/t20-/m0/s1. The summed E-state index contributed by atoms with van der Waals surface area (Å²) in [5.74, 6) is 1.38. The van der Waals surface area contributed by atoms with Crippen LogP contribution in [0.15, 0.2) is 48.8 Å². The van der Waals surface area contributed by atoms with E-state index in [2.05, 4.69) is 10.3 Å². The summed E-state index contributed by atoms with van der Waals surface area (Å²) in [6.07, 6.45) is 3.64. The largest absolute Gasteiger partial charge is 0.496 e. The zero-order chi connectivity index (χ0) is 18.5. The number of nitrogens with zero attached hydrogens (tertiary/aromatic N) is 2. The van der Waals surface area contributed by atoms with Crippen LogP contribution in [0.3, 0.4) is 0 Å². The van der Waals surface area contributed by atoms with E-state index < -0.39 is 5.41 Å². The third kappa shape index (κ3) is 2.31. The van der Waals surface area contributed by atoms with Gasteiger partial charge in [-0.1, -0.05) is 17.7 Å². The number of methoxy groups -OCH3 is 1. The third-order valence-electron chi connectivity index (χ3n) is 5.04. The van der Waals surface area contributed by atoms with Gasteiger partial charge >= 0.3 is 0 Å². The Bertz CT molecular complexity index is 1030. The maximum Gasteiger partial charge on any atom is 0.239 e. The number of hydrogen-bond donors (Lipinski definition) is 1. The van der Waals surface area contributed by atoms with Crippen LogP contribution >= 0.6 is 11.6 Å².